The van der Waals surface area contributed by atoms with Crippen LogP contribution in [0.25, 0.3) is 11.0 Å². The summed E-state index contributed by atoms with van der Waals surface area (Å²) in [6.45, 7) is 2.89. The SMILES string of the molecule is C[C@@H](NC(=O)c1ccc(C2CCN(S(C)(=O)=O)CC2)nc1)c1nc2ccccc2[nH]1. The zero-order valence-corrected chi connectivity index (χ0v) is 17.8. The number of aromatic amines is 1. The number of nitrogens with zero attached hydrogens (tertiary/aromatic N) is 3. The number of pyridine rings is 1. The number of fused-ring (bicyclic) bond motifs is 1. The van der Waals surface area contributed by atoms with E-state index in [0.29, 0.717) is 24.5 Å². The molecule has 1 aromatic carbocycles. The van der Waals surface area contributed by atoms with Gasteiger partial charge in [0.2, 0.25) is 10.0 Å². The number of sulfonamides is 1. The van der Waals surface area contributed by atoms with E-state index in [1.165, 1.54) is 10.6 Å². The van der Waals surface area contributed by atoms with Gasteiger partial charge in [-0.15, -0.1) is 0 Å². The lowest BCUT2D eigenvalue weighted by molar-refractivity contribution is 0.0938. The number of para-hydroxylation sites is 2. The van der Waals surface area contributed by atoms with Gasteiger partial charge in [-0.3, -0.25) is 9.78 Å². The molecule has 1 amide bonds. The van der Waals surface area contributed by atoms with Crippen molar-refractivity contribution in [2.24, 2.45) is 0 Å². The van der Waals surface area contributed by atoms with Gasteiger partial charge in [-0.1, -0.05) is 12.1 Å². The third-order valence-electron chi connectivity index (χ3n) is 5.56. The summed E-state index contributed by atoms with van der Waals surface area (Å²) in [5, 5.41) is 2.95. The van der Waals surface area contributed by atoms with Gasteiger partial charge in [-0.25, -0.2) is 17.7 Å². The number of imidazole rings is 1. The summed E-state index contributed by atoms with van der Waals surface area (Å²) in [5.41, 5.74) is 3.17. The highest BCUT2D eigenvalue weighted by atomic mass is 32.2. The third kappa shape index (κ3) is 4.36. The lowest BCUT2D eigenvalue weighted by Crippen LogP contribution is -2.37. The molecule has 1 aliphatic heterocycles. The molecule has 0 radical (unpaired) electrons. The van der Waals surface area contributed by atoms with Crippen molar-refractivity contribution in [3.05, 3.63) is 59.7 Å². The Morgan fingerprint density at radius 3 is 2.57 bits per heavy atom. The van der Waals surface area contributed by atoms with E-state index in [-0.39, 0.29) is 17.9 Å². The van der Waals surface area contributed by atoms with Gasteiger partial charge < -0.3 is 10.3 Å². The van der Waals surface area contributed by atoms with Gasteiger partial charge in [0.25, 0.3) is 5.91 Å². The van der Waals surface area contributed by atoms with E-state index in [0.717, 1.165) is 29.6 Å². The van der Waals surface area contributed by atoms with E-state index in [9.17, 15) is 13.2 Å². The number of amides is 1. The second-order valence-corrected chi connectivity index (χ2v) is 9.72. The minimum atomic E-state index is -3.14. The number of hydrogen-bond acceptors (Lipinski definition) is 5. The van der Waals surface area contributed by atoms with Crippen LogP contribution in [-0.4, -0.2) is 52.9 Å². The molecule has 158 valence electrons. The Balaban J connectivity index is 1.38. The Kier molecular flexibility index (Phi) is 5.57. The molecule has 1 fully saturated rings. The van der Waals surface area contributed by atoms with Crippen LogP contribution in [0, 0.1) is 0 Å². The quantitative estimate of drug-likeness (QED) is 0.651. The van der Waals surface area contributed by atoms with Gasteiger partial charge >= 0.3 is 0 Å². The number of benzene rings is 1. The molecule has 4 rings (SSSR count). The predicted octanol–water partition coefficient (Wildman–Crippen LogP) is 2.59. The average molecular weight is 428 g/mol. The Morgan fingerprint density at radius 2 is 1.93 bits per heavy atom. The number of piperidine rings is 1. The Morgan fingerprint density at radius 1 is 1.20 bits per heavy atom. The Hall–Kier alpha value is -2.78. The molecule has 1 aliphatic rings. The van der Waals surface area contributed by atoms with Crippen LogP contribution in [0.1, 0.15) is 53.6 Å². The van der Waals surface area contributed by atoms with E-state index in [4.69, 9.17) is 0 Å². The van der Waals surface area contributed by atoms with E-state index >= 15 is 0 Å². The van der Waals surface area contributed by atoms with Crippen molar-refractivity contribution in [1.82, 2.24) is 24.6 Å². The molecule has 3 aromatic rings. The second-order valence-electron chi connectivity index (χ2n) is 7.74. The normalized spacial score (nSPS) is 17.1. The summed E-state index contributed by atoms with van der Waals surface area (Å²) in [6.07, 6.45) is 4.29. The van der Waals surface area contributed by atoms with E-state index in [1.54, 1.807) is 12.3 Å². The molecule has 1 saturated heterocycles. The average Bonchev–Trinajstić information content (AvgIpc) is 3.18. The maximum absolute atomic E-state index is 12.6. The molecule has 0 spiro atoms. The zero-order valence-electron chi connectivity index (χ0n) is 17.0. The van der Waals surface area contributed by atoms with Gasteiger partial charge in [0.1, 0.15) is 5.82 Å². The molecule has 1 atom stereocenters. The number of carbonyl (C=O) groups is 1. The van der Waals surface area contributed by atoms with E-state index in [2.05, 4.69) is 20.3 Å². The van der Waals surface area contributed by atoms with Crippen LogP contribution in [0.5, 0.6) is 0 Å². The molecule has 0 bridgehead atoms. The molecule has 0 saturated carbocycles. The molecule has 2 aromatic heterocycles. The van der Waals surface area contributed by atoms with Crippen molar-refractivity contribution in [2.45, 2.75) is 31.7 Å². The summed E-state index contributed by atoms with van der Waals surface area (Å²) < 4.78 is 24.8. The predicted molar refractivity (Wildman–Crippen MR) is 115 cm³/mol. The first kappa shape index (κ1) is 20.5. The molecule has 9 heteroatoms. The van der Waals surface area contributed by atoms with Gasteiger partial charge in [-0.05, 0) is 44.0 Å². The molecular weight excluding hydrogens is 402 g/mol. The number of rotatable bonds is 5. The molecule has 0 aliphatic carbocycles. The molecule has 0 unspecified atom stereocenters. The highest BCUT2D eigenvalue weighted by molar-refractivity contribution is 7.88. The third-order valence-corrected chi connectivity index (χ3v) is 6.86. The largest absolute Gasteiger partial charge is 0.342 e. The lowest BCUT2D eigenvalue weighted by atomic mass is 9.94. The van der Waals surface area contributed by atoms with Crippen LogP contribution in [0.4, 0.5) is 0 Å². The summed E-state index contributed by atoms with van der Waals surface area (Å²) >= 11 is 0. The van der Waals surface area contributed by atoms with Crippen LogP contribution in [0.3, 0.4) is 0 Å². The first-order valence-electron chi connectivity index (χ1n) is 9.98. The van der Waals surface area contributed by atoms with Crippen molar-refractivity contribution in [3.8, 4) is 0 Å². The number of H-pyrrole nitrogens is 1. The standard InChI is InChI=1S/C21H25N5O3S/c1-14(20-24-18-5-3-4-6-19(18)25-20)23-21(27)16-7-8-17(22-13-16)15-9-11-26(12-10-15)30(2,28)29/h3-8,13-15H,9-12H2,1-2H3,(H,23,27)(H,24,25)/t14-/m1/s1. The molecule has 3 heterocycles. The Labute approximate surface area is 175 Å². The number of hydrogen-bond donors (Lipinski definition) is 2. The summed E-state index contributed by atoms with van der Waals surface area (Å²) in [5.74, 6) is 0.690. The molecular formula is C21H25N5O3S. The fraction of sp³-hybridized carbons (Fsp3) is 0.381. The summed E-state index contributed by atoms with van der Waals surface area (Å²) in [7, 11) is -3.14. The molecule has 2 N–H and O–H groups in total. The van der Waals surface area contributed by atoms with Gasteiger partial charge in [-0.2, -0.15) is 0 Å². The topological polar surface area (TPSA) is 108 Å². The van der Waals surface area contributed by atoms with Crippen molar-refractivity contribution < 1.29 is 13.2 Å². The van der Waals surface area contributed by atoms with Gasteiger partial charge in [0.05, 0.1) is 28.9 Å². The maximum atomic E-state index is 12.6. The molecule has 30 heavy (non-hydrogen) atoms. The van der Waals surface area contributed by atoms with Crippen LogP contribution in [0.2, 0.25) is 0 Å². The fourth-order valence-corrected chi connectivity index (χ4v) is 4.66. The fourth-order valence-electron chi connectivity index (χ4n) is 3.79. The number of carbonyl (C=O) groups excluding carboxylic acids is 1. The first-order chi connectivity index (χ1) is 14.3. The minimum absolute atomic E-state index is 0.203. The Bertz CT molecular complexity index is 1120. The molecule has 8 nitrogen and oxygen atoms in total. The van der Waals surface area contributed by atoms with Gasteiger partial charge in [0.15, 0.2) is 0 Å². The van der Waals surface area contributed by atoms with E-state index < -0.39 is 10.0 Å². The van der Waals surface area contributed by atoms with Crippen LogP contribution in [-0.2, 0) is 10.0 Å². The second kappa shape index (κ2) is 8.16. The van der Waals surface area contributed by atoms with Crippen molar-refractivity contribution >= 4 is 27.0 Å². The minimum Gasteiger partial charge on any atom is -0.342 e. The lowest BCUT2D eigenvalue weighted by Gasteiger charge is -2.29. The van der Waals surface area contributed by atoms with Crippen LogP contribution in [0.15, 0.2) is 42.6 Å². The van der Waals surface area contributed by atoms with Crippen molar-refractivity contribution in [3.63, 3.8) is 0 Å². The smallest absolute Gasteiger partial charge is 0.253 e. The number of aromatic nitrogens is 3. The monoisotopic (exact) mass is 427 g/mol. The highest BCUT2D eigenvalue weighted by Crippen LogP contribution is 2.27. The van der Waals surface area contributed by atoms with Crippen LogP contribution < -0.4 is 5.32 Å². The van der Waals surface area contributed by atoms with Crippen molar-refractivity contribution in [1.29, 1.82) is 0 Å². The first-order valence-corrected chi connectivity index (χ1v) is 11.8. The van der Waals surface area contributed by atoms with Crippen molar-refractivity contribution in [2.75, 3.05) is 19.3 Å². The summed E-state index contributed by atoms with van der Waals surface area (Å²) in [6, 6.07) is 11.1. The summed E-state index contributed by atoms with van der Waals surface area (Å²) in [4.78, 5) is 24.8. The van der Waals surface area contributed by atoms with Crippen LogP contribution >= 0.6 is 0 Å². The van der Waals surface area contributed by atoms with Gasteiger partial charge in [0, 0.05) is 30.9 Å². The van der Waals surface area contributed by atoms with E-state index in [1.807, 2.05) is 37.3 Å². The maximum Gasteiger partial charge on any atom is 0.253 e. The zero-order chi connectivity index (χ0) is 21.3. The number of nitrogens with one attached hydrogen (secondary N) is 2. The highest BCUT2D eigenvalue weighted by Gasteiger charge is 2.26.